The van der Waals surface area contributed by atoms with E-state index in [1.165, 1.54) is 11.4 Å². The van der Waals surface area contributed by atoms with Gasteiger partial charge in [0.1, 0.15) is 0 Å². The number of nitrogens with one attached hydrogen (secondary N) is 2. The molecular formula is C7H12N2. The second-order valence-electron chi connectivity index (χ2n) is 2.94. The Kier molecular flexibility index (Phi) is 0.821. The minimum atomic E-state index is 0.759. The molecule has 0 aromatic heterocycles. The summed E-state index contributed by atoms with van der Waals surface area (Å²) in [5.41, 5.74) is 2.89. The quantitative estimate of drug-likeness (QED) is 0.495. The topological polar surface area (TPSA) is 24.1 Å². The first-order chi connectivity index (χ1) is 4.30. The summed E-state index contributed by atoms with van der Waals surface area (Å²) in [4.78, 5) is 0. The molecule has 50 valence electrons. The minimum absolute atomic E-state index is 0.759. The normalized spacial score (nSPS) is 38.9. The second-order valence-corrected chi connectivity index (χ2v) is 2.94. The maximum atomic E-state index is 3.30. The standard InChI is InChI=1S/C7H12N2/c1-4-5(2)7-6(4)8-3-9-7/h4-5,8-9H,3H2,1-2H3. The van der Waals surface area contributed by atoms with Crippen LogP contribution in [0.1, 0.15) is 13.8 Å². The molecule has 0 saturated heterocycles. The van der Waals surface area contributed by atoms with E-state index in [0.717, 1.165) is 18.5 Å². The third-order valence-corrected chi connectivity index (χ3v) is 2.51. The van der Waals surface area contributed by atoms with Gasteiger partial charge in [-0.1, -0.05) is 13.8 Å². The predicted molar refractivity (Wildman–Crippen MR) is 36.5 cm³/mol. The Balaban J connectivity index is 2.26. The maximum Gasteiger partial charge on any atom is 0.0845 e. The number of rotatable bonds is 0. The average molecular weight is 124 g/mol. The molecule has 0 bridgehead atoms. The fraction of sp³-hybridized carbons (Fsp3) is 0.714. The predicted octanol–water partition coefficient (Wildman–Crippen LogP) is 0.634. The van der Waals surface area contributed by atoms with Crippen molar-refractivity contribution in [3.63, 3.8) is 0 Å². The summed E-state index contributed by atoms with van der Waals surface area (Å²) in [5.74, 6) is 1.52. The zero-order valence-electron chi connectivity index (χ0n) is 5.86. The van der Waals surface area contributed by atoms with Gasteiger partial charge in [0, 0.05) is 23.2 Å². The molecule has 2 aliphatic rings. The van der Waals surface area contributed by atoms with Gasteiger partial charge < -0.3 is 10.6 Å². The van der Waals surface area contributed by atoms with Gasteiger partial charge in [0.15, 0.2) is 0 Å². The van der Waals surface area contributed by atoms with E-state index in [1.807, 2.05) is 0 Å². The van der Waals surface area contributed by atoms with E-state index < -0.39 is 0 Å². The van der Waals surface area contributed by atoms with E-state index in [1.54, 1.807) is 0 Å². The molecule has 9 heavy (non-hydrogen) atoms. The van der Waals surface area contributed by atoms with Gasteiger partial charge in [0.25, 0.3) is 0 Å². The highest BCUT2D eigenvalue weighted by atomic mass is 15.2. The lowest BCUT2D eigenvalue weighted by atomic mass is 9.78. The van der Waals surface area contributed by atoms with Gasteiger partial charge in [0.05, 0.1) is 6.67 Å². The van der Waals surface area contributed by atoms with Crippen LogP contribution in [0.5, 0.6) is 0 Å². The van der Waals surface area contributed by atoms with E-state index in [4.69, 9.17) is 0 Å². The van der Waals surface area contributed by atoms with Gasteiger partial charge in [-0.25, -0.2) is 0 Å². The zero-order valence-corrected chi connectivity index (χ0v) is 5.86. The molecule has 0 fully saturated rings. The van der Waals surface area contributed by atoms with E-state index in [0.29, 0.717) is 0 Å². The number of hydrogen-bond donors (Lipinski definition) is 2. The Hall–Kier alpha value is -0.660. The third-order valence-electron chi connectivity index (χ3n) is 2.51. The highest BCUT2D eigenvalue weighted by Crippen LogP contribution is 2.38. The van der Waals surface area contributed by atoms with Gasteiger partial charge in [-0.15, -0.1) is 0 Å². The van der Waals surface area contributed by atoms with Crippen molar-refractivity contribution >= 4 is 0 Å². The third kappa shape index (κ3) is 0.460. The Labute approximate surface area is 55.3 Å². The molecule has 1 aliphatic heterocycles. The van der Waals surface area contributed by atoms with Crippen molar-refractivity contribution in [3.05, 3.63) is 11.4 Å². The van der Waals surface area contributed by atoms with Crippen molar-refractivity contribution in [1.29, 1.82) is 0 Å². The van der Waals surface area contributed by atoms with E-state index in [9.17, 15) is 0 Å². The van der Waals surface area contributed by atoms with Crippen LogP contribution < -0.4 is 10.6 Å². The molecule has 2 rings (SSSR count). The fourth-order valence-corrected chi connectivity index (χ4v) is 1.64. The molecule has 2 N–H and O–H groups in total. The molecule has 1 aliphatic carbocycles. The van der Waals surface area contributed by atoms with Crippen LogP contribution in [-0.4, -0.2) is 6.67 Å². The first-order valence-electron chi connectivity index (χ1n) is 3.52. The van der Waals surface area contributed by atoms with E-state index in [2.05, 4.69) is 24.5 Å². The lowest BCUT2D eigenvalue weighted by Gasteiger charge is -2.32. The van der Waals surface area contributed by atoms with E-state index in [-0.39, 0.29) is 0 Å². The van der Waals surface area contributed by atoms with Crippen LogP contribution in [0.4, 0.5) is 0 Å². The highest BCUT2D eigenvalue weighted by Gasteiger charge is 2.36. The van der Waals surface area contributed by atoms with Gasteiger partial charge in [-0.05, 0) is 0 Å². The Morgan fingerprint density at radius 2 is 1.56 bits per heavy atom. The summed E-state index contributed by atoms with van der Waals surface area (Å²) < 4.78 is 0. The summed E-state index contributed by atoms with van der Waals surface area (Å²) >= 11 is 0. The molecule has 2 heteroatoms. The fourth-order valence-electron chi connectivity index (χ4n) is 1.64. The molecule has 0 aromatic carbocycles. The van der Waals surface area contributed by atoms with Crippen LogP contribution in [0.3, 0.4) is 0 Å². The van der Waals surface area contributed by atoms with Crippen molar-refractivity contribution in [2.75, 3.05) is 6.67 Å². The zero-order chi connectivity index (χ0) is 6.43. The van der Waals surface area contributed by atoms with Crippen molar-refractivity contribution in [3.8, 4) is 0 Å². The first kappa shape index (κ1) is 5.15. The van der Waals surface area contributed by atoms with Crippen LogP contribution in [0.15, 0.2) is 11.4 Å². The molecule has 0 radical (unpaired) electrons. The molecule has 2 atom stereocenters. The Morgan fingerprint density at radius 3 is 2.00 bits per heavy atom. The molecular weight excluding hydrogens is 112 g/mol. The molecule has 0 spiro atoms. The van der Waals surface area contributed by atoms with Crippen molar-refractivity contribution in [2.45, 2.75) is 13.8 Å². The molecule has 0 saturated carbocycles. The molecule has 0 aromatic rings. The smallest absolute Gasteiger partial charge is 0.0845 e. The first-order valence-corrected chi connectivity index (χ1v) is 3.52. The lowest BCUT2D eigenvalue weighted by molar-refractivity contribution is 0.410. The monoisotopic (exact) mass is 124 g/mol. The van der Waals surface area contributed by atoms with Crippen molar-refractivity contribution in [2.24, 2.45) is 11.8 Å². The van der Waals surface area contributed by atoms with Crippen molar-refractivity contribution < 1.29 is 0 Å². The molecule has 2 nitrogen and oxygen atoms in total. The van der Waals surface area contributed by atoms with Gasteiger partial charge in [0.2, 0.25) is 0 Å². The second kappa shape index (κ2) is 1.43. The lowest BCUT2D eigenvalue weighted by Crippen LogP contribution is -2.30. The maximum absolute atomic E-state index is 3.30. The minimum Gasteiger partial charge on any atom is -0.370 e. The van der Waals surface area contributed by atoms with Crippen LogP contribution in [0.2, 0.25) is 0 Å². The summed E-state index contributed by atoms with van der Waals surface area (Å²) in [6, 6.07) is 0. The van der Waals surface area contributed by atoms with Crippen LogP contribution >= 0.6 is 0 Å². The van der Waals surface area contributed by atoms with E-state index >= 15 is 0 Å². The Bertz CT molecular complexity index is 154. The summed E-state index contributed by atoms with van der Waals surface area (Å²) in [6.45, 7) is 5.48. The molecule has 1 heterocycles. The highest BCUT2D eigenvalue weighted by molar-refractivity contribution is 5.31. The largest absolute Gasteiger partial charge is 0.370 e. The van der Waals surface area contributed by atoms with Crippen LogP contribution in [0.25, 0.3) is 0 Å². The molecule has 2 unspecified atom stereocenters. The van der Waals surface area contributed by atoms with Gasteiger partial charge >= 0.3 is 0 Å². The molecule has 0 amide bonds. The average Bonchev–Trinajstić information content (AvgIpc) is 2.30. The van der Waals surface area contributed by atoms with Crippen LogP contribution in [-0.2, 0) is 0 Å². The van der Waals surface area contributed by atoms with Gasteiger partial charge in [-0.3, -0.25) is 0 Å². The summed E-state index contributed by atoms with van der Waals surface area (Å²) in [6.07, 6.45) is 0. The summed E-state index contributed by atoms with van der Waals surface area (Å²) in [7, 11) is 0. The van der Waals surface area contributed by atoms with Gasteiger partial charge in [-0.2, -0.15) is 0 Å². The number of hydrogen-bond acceptors (Lipinski definition) is 2. The van der Waals surface area contributed by atoms with Crippen molar-refractivity contribution in [1.82, 2.24) is 10.6 Å². The Morgan fingerprint density at radius 1 is 1.11 bits per heavy atom. The number of allylic oxidation sites excluding steroid dienone is 2. The SMILES string of the molecule is CC1C2=C(NCN2)C1C. The van der Waals surface area contributed by atoms with Crippen LogP contribution in [0, 0.1) is 11.8 Å². The summed E-state index contributed by atoms with van der Waals surface area (Å²) in [5, 5.41) is 6.61.